The Labute approximate surface area is 116 Å². The van der Waals surface area contributed by atoms with Crippen LogP contribution in [0.2, 0.25) is 0 Å². The van der Waals surface area contributed by atoms with Crippen LogP contribution in [-0.4, -0.2) is 29.0 Å². The number of ether oxygens (including phenoxy) is 1. The van der Waals surface area contributed by atoms with Crippen molar-refractivity contribution in [3.05, 3.63) is 28.8 Å². The van der Waals surface area contributed by atoms with Gasteiger partial charge in [-0.3, -0.25) is 0 Å². The summed E-state index contributed by atoms with van der Waals surface area (Å²) in [6.45, 7) is 8.61. The molecule has 0 fully saturated rings. The minimum absolute atomic E-state index is 0.586. The van der Waals surface area contributed by atoms with E-state index in [1.54, 1.807) is 0 Å². The van der Waals surface area contributed by atoms with Crippen LogP contribution in [0, 0.1) is 13.8 Å². The molecule has 2 unspecified atom stereocenters. The molecule has 0 saturated heterocycles. The Hall–Kier alpha value is -1.06. The predicted molar refractivity (Wildman–Crippen MR) is 77.7 cm³/mol. The zero-order valence-electron chi connectivity index (χ0n) is 12.4. The van der Waals surface area contributed by atoms with Crippen molar-refractivity contribution in [3.63, 3.8) is 0 Å². The first-order chi connectivity index (χ1) is 8.99. The normalized spacial score (nSPS) is 14.2. The molecule has 0 radical (unpaired) electrons. The van der Waals surface area contributed by atoms with Crippen LogP contribution in [0.15, 0.2) is 12.1 Å². The van der Waals surface area contributed by atoms with E-state index in [2.05, 4.69) is 19.1 Å². The van der Waals surface area contributed by atoms with Crippen molar-refractivity contribution in [1.29, 1.82) is 0 Å². The highest BCUT2D eigenvalue weighted by Crippen LogP contribution is 2.24. The third-order valence-corrected chi connectivity index (χ3v) is 3.51. The molecule has 0 aromatic heterocycles. The molecular weight excluding hydrogens is 240 g/mol. The number of benzene rings is 1. The average Bonchev–Trinajstić information content (AvgIpc) is 2.39. The van der Waals surface area contributed by atoms with Gasteiger partial charge in [-0.1, -0.05) is 13.0 Å². The van der Waals surface area contributed by atoms with Crippen molar-refractivity contribution in [2.75, 3.05) is 6.61 Å². The highest BCUT2D eigenvalue weighted by Gasteiger charge is 2.15. The summed E-state index contributed by atoms with van der Waals surface area (Å²) in [6, 6.07) is 4.17. The van der Waals surface area contributed by atoms with Gasteiger partial charge in [-0.15, -0.1) is 0 Å². The maximum Gasteiger partial charge on any atom is 0.122 e. The molecule has 2 atom stereocenters. The summed E-state index contributed by atoms with van der Waals surface area (Å²) in [5.74, 6) is 0.929. The van der Waals surface area contributed by atoms with Gasteiger partial charge in [0.25, 0.3) is 0 Å². The second kappa shape index (κ2) is 7.51. The molecule has 3 nitrogen and oxygen atoms in total. The Balaban J connectivity index is 2.71. The molecule has 0 aliphatic heterocycles. The Morgan fingerprint density at radius 3 is 2.32 bits per heavy atom. The van der Waals surface area contributed by atoms with Gasteiger partial charge in [-0.2, -0.15) is 0 Å². The van der Waals surface area contributed by atoms with E-state index in [9.17, 15) is 10.2 Å². The van der Waals surface area contributed by atoms with E-state index in [4.69, 9.17) is 4.74 Å². The zero-order chi connectivity index (χ0) is 14.4. The lowest BCUT2D eigenvalue weighted by Crippen LogP contribution is -2.25. The lowest BCUT2D eigenvalue weighted by atomic mass is 9.97. The molecule has 0 amide bonds. The van der Waals surface area contributed by atoms with Crippen LogP contribution in [0.5, 0.6) is 5.75 Å². The molecule has 0 aliphatic rings. The molecule has 0 heterocycles. The Bertz CT molecular complexity index is 401. The first kappa shape index (κ1) is 16.0. The van der Waals surface area contributed by atoms with Crippen LogP contribution >= 0.6 is 0 Å². The molecule has 108 valence electrons. The summed E-state index contributed by atoms with van der Waals surface area (Å²) in [4.78, 5) is 0. The van der Waals surface area contributed by atoms with Crippen LogP contribution in [0.4, 0.5) is 0 Å². The van der Waals surface area contributed by atoms with E-state index >= 15 is 0 Å². The topological polar surface area (TPSA) is 49.7 Å². The van der Waals surface area contributed by atoms with Gasteiger partial charge in [0.05, 0.1) is 18.8 Å². The van der Waals surface area contributed by atoms with E-state index in [0.717, 1.165) is 17.7 Å². The van der Waals surface area contributed by atoms with Crippen LogP contribution < -0.4 is 4.74 Å². The monoisotopic (exact) mass is 266 g/mol. The van der Waals surface area contributed by atoms with Gasteiger partial charge in [0.1, 0.15) is 5.75 Å². The van der Waals surface area contributed by atoms with E-state index in [0.29, 0.717) is 19.4 Å². The highest BCUT2D eigenvalue weighted by atomic mass is 16.5. The number of rotatable bonds is 7. The van der Waals surface area contributed by atoms with E-state index in [-0.39, 0.29) is 0 Å². The molecule has 2 N–H and O–H groups in total. The average molecular weight is 266 g/mol. The maximum absolute atomic E-state index is 9.80. The zero-order valence-corrected chi connectivity index (χ0v) is 12.4. The number of hydrogen-bond donors (Lipinski definition) is 2. The molecule has 19 heavy (non-hydrogen) atoms. The molecule has 1 rings (SSSR count). The fourth-order valence-electron chi connectivity index (χ4n) is 2.20. The van der Waals surface area contributed by atoms with Crippen LogP contribution in [0.25, 0.3) is 0 Å². The molecule has 0 bridgehead atoms. The number of aliphatic hydroxyl groups excluding tert-OH is 2. The minimum atomic E-state index is -0.642. The van der Waals surface area contributed by atoms with Crippen molar-refractivity contribution in [2.45, 2.75) is 59.2 Å². The van der Waals surface area contributed by atoms with Crippen LogP contribution in [0.1, 0.15) is 43.4 Å². The minimum Gasteiger partial charge on any atom is -0.494 e. The van der Waals surface area contributed by atoms with Gasteiger partial charge in [0.15, 0.2) is 0 Å². The third kappa shape index (κ3) is 4.51. The molecule has 0 aliphatic carbocycles. The second-order valence-corrected chi connectivity index (χ2v) is 5.06. The fourth-order valence-corrected chi connectivity index (χ4v) is 2.20. The van der Waals surface area contributed by atoms with Crippen LogP contribution in [-0.2, 0) is 6.42 Å². The van der Waals surface area contributed by atoms with Crippen molar-refractivity contribution < 1.29 is 14.9 Å². The molecule has 0 saturated carbocycles. The Kier molecular flexibility index (Phi) is 6.32. The summed E-state index contributed by atoms with van der Waals surface area (Å²) in [5.41, 5.74) is 3.50. The van der Waals surface area contributed by atoms with E-state index in [1.165, 1.54) is 11.1 Å². The standard InChI is InChI=1S/C16H26O3/c1-5-14(17)15(18)8-7-13-9-12(4)16(19-6-2)10-11(13)3/h9-10,14-15,17-18H,5-8H2,1-4H3. The van der Waals surface area contributed by atoms with Crippen molar-refractivity contribution >= 4 is 0 Å². The molecule has 0 spiro atoms. The van der Waals surface area contributed by atoms with Gasteiger partial charge < -0.3 is 14.9 Å². The van der Waals surface area contributed by atoms with Crippen molar-refractivity contribution in [2.24, 2.45) is 0 Å². The summed E-state index contributed by atoms with van der Waals surface area (Å²) >= 11 is 0. The number of aliphatic hydroxyl groups is 2. The van der Waals surface area contributed by atoms with Gasteiger partial charge in [0, 0.05) is 0 Å². The number of hydrogen-bond acceptors (Lipinski definition) is 3. The summed E-state index contributed by atoms with van der Waals surface area (Å²) in [6.07, 6.45) is 0.684. The predicted octanol–water partition coefficient (Wildman–Crippen LogP) is 2.77. The first-order valence-corrected chi connectivity index (χ1v) is 7.08. The SMILES string of the molecule is CCOc1cc(C)c(CCC(O)C(O)CC)cc1C. The van der Waals surface area contributed by atoms with E-state index < -0.39 is 12.2 Å². The quantitative estimate of drug-likeness (QED) is 0.798. The number of aryl methyl sites for hydroxylation is 3. The first-order valence-electron chi connectivity index (χ1n) is 7.08. The Morgan fingerprint density at radius 1 is 1.05 bits per heavy atom. The smallest absolute Gasteiger partial charge is 0.122 e. The van der Waals surface area contributed by atoms with Gasteiger partial charge >= 0.3 is 0 Å². The molecule has 1 aromatic rings. The van der Waals surface area contributed by atoms with E-state index in [1.807, 2.05) is 20.8 Å². The van der Waals surface area contributed by atoms with Crippen LogP contribution in [0.3, 0.4) is 0 Å². The van der Waals surface area contributed by atoms with Gasteiger partial charge in [-0.05, 0) is 62.8 Å². The maximum atomic E-state index is 9.80. The molecular formula is C16H26O3. The molecule has 1 aromatic carbocycles. The summed E-state index contributed by atoms with van der Waals surface area (Å²) in [5, 5.41) is 19.4. The highest BCUT2D eigenvalue weighted by molar-refractivity contribution is 5.41. The fraction of sp³-hybridized carbons (Fsp3) is 0.625. The second-order valence-electron chi connectivity index (χ2n) is 5.06. The Morgan fingerprint density at radius 2 is 1.74 bits per heavy atom. The summed E-state index contributed by atoms with van der Waals surface area (Å²) < 4.78 is 5.56. The summed E-state index contributed by atoms with van der Waals surface area (Å²) in [7, 11) is 0. The van der Waals surface area contributed by atoms with Gasteiger partial charge in [0.2, 0.25) is 0 Å². The van der Waals surface area contributed by atoms with Crippen molar-refractivity contribution in [3.8, 4) is 5.75 Å². The molecule has 3 heteroatoms. The van der Waals surface area contributed by atoms with Gasteiger partial charge in [-0.25, -0.2) is 0 Å². The lowest BCUT2D eigenvalue weighted by Gasteiger charge is -2.17. The largest absolute Gasteiger partial charge is 0.494 e. The lowest BCUT2D eigenvalue weighted by molar-refractivity contribution is 0.0130. The van der Waals surface area contributed by atoms with Crippen molar-refractivity contribution in [1.82, 2.24) is 0 Å². The third-order valence-electron chi connectivity index (χ3n) is 3.51.